The zero-order valence-corrected chi connectivity index (χ0v) is 4.77. The molecule has 0 aromatic heterocycles. The van der Waals surface area contributed by atoms with Crippen molar-refractivity contribution in [1.29, 1.82) is 0 Å². The Morgan fingerprint density at radius 2 is 1.40 bits per heavy atom. The maximum absolute atomic E-state index is 10.3. The van der Waals surface area contributed by atoms with Crippen LogP contribution in [-0.2, 0) is 14.4 Å². The van der Waals surface area contributed by atoms with E-state index in [0.29, 0.717) is 0 Å². The van der Waals surface area contributed by atoms with Crippen LogP contribution in [0.3, 0.4) is 0 Å². The van der Waals surface area contributed by atoms with Crippen LogP contribution in [0.4, 0.5) is 0 Å². The lowest BCUT2D eigenvalue weighted by Crippen LogP contribution is -2.05. The minimum absolute atomic E-state index is 0.708. The van der Waals surface area contributed by atoms with Gasteiger partial charge in [0.15, 0.2) is 5.78 Å². The number of carbonyl (C=O) groups excluding carboxylic acids is 1. The first-order valence-electron chi connectivity index (χ1n) is 2.55. The second kappa shape index (κ2) is 1.80. The van der Waals surface area contributed by atoms with E-state index in [4.69, 9.17) is 10.2 Å². The fraction of sp³-hybridized carbons (Fsp3) is 0.400. The van der Waals surface area contributed by atoms with Crippen molar-refractivity contribution in [1.82, 2.24) is 0 Å². The van der Waals surface area contributed by atoms with Gasteiger partial charge >= 0.3 is 11.9 Å². The van der Waals surface area contributed by atoms with Crippen LogP contribution in [0.15, 0.2) is 0 Å². The van der Waals surface area contributed by atoms with Crippen LogP contribution in [0.2, 0.25) is 0 Å². The second-order valence-corrected chi connectivity index (χ2v) is 2.03. The summed E-state index contributed by atoms with van der Waals surface area (Å²) in [4.78, 5) is 30.3. The van der Waals surface area contributed by atoms with Gasteiger partial charge in [-0.1, -0.05) is 0 Å². The van der Waals surface area contributed by atoms with E-state index in [1.165, 1.54) is 0 Å². The predicted molar refractivity (Wildman–Crippen MR) is 27.3 cm³/mol. The first kappa shape index (κ1) is 6.73. The molecule has 0 aromatic rings. The quantitative estimate of drug-likeness (QED) is 0.483. The van der Waals surface area contributed by atoms with Crippen LogP contribution in [-0.4, -0.2) is 27.9 Å². The van der Waals surface area contributed by atoms with E-state index in [9.17, 15) is 14.4 Å². The average Bonchev–Trinajstić information content (AvgIpc) is 2.40. The van der Waals surface area contributed by atoms with E-state index in [1.807, 2.05) is 0 Å². The van der Waals surface area contributed by atoms with Crippen LogP contribution >= 0.6 is 0 Å². The number of Topliss-reactive ketones (excluding diaryl/α,β-unsaturated/α-hetero) is 1. The Hall–Kier alpha value is -1.39. The lowest BCUT2D eigenvalue weighted by atomic mass is 10.3. The van der Waals surface area contributed by atoms with E-state index in [2.05, 4.69) is 0 Å². The summed E-state index contributed by atoms with van der Waals surface area (Å²) in [6.07, 6.45) is 0. The first-order valence-corrected chi connectivity index (χ1v) is 2.55. The Balaban J connectivity index is 2.66. The molecule has 0 bridgehead atoms. The molecule has 5 nitrogen and oxygen atoms in total. The number of carbonyl (C=O) groups is 3. The molecule has 0 spiro atoms. The predicted octanol–water partition coefficient (Wildman–Crippen LogP) is -1.03. The summed E-state index contributed by atoms with van der Waals surface area (Å²) < 4.78 is 0. The zero-order valence-electron chi connectivity index (χ0n) is 4.77. The molecule has 0 radical (unpaired) electrons. The number of aliphatic carboxylic acids is 2. The zero-order chi connectivity index (χ0) is 7.89. The van der Waals surface area contributed by atoms with Gasteiger partial charge in [-0.3, -0.25) is 14.4 Å². The van der Waals surface area contributed by atoms with E-state index >= 15 is 0 Å². The molecule has 1 rings (SSSR count). The topological polar surface area (TPSA) is 91.7 Å². The van der Waals surface area contributed by atoms with Crippen LogP contribution in [0.25, 0.3) is 0 Å². The van der Waals surface area contributed by atoms with Crippen molar-refractivity contribution >= 4 is 17.7 Å². The van der Waals surface area contributed by atoms with Gasteiger partial charge in [-0.05, 0) is 0 Å². The average molecular weight is 144 g/mol. The van der Waals surface area contributed by atoms with Crippen LogP contribution in [0, 0.1) is 11.8 Å². The van der Waals surface area contributed by atoms with Gasteiger partial charge in [-0.2, -0.15) is 0 Å². The van der Waals surface area contributed by atoms with Gasteiger partial charge in [-0.25, -0.2) is 0 Å². The summed E-state index contributed by atoms with van der Waals surface area (Å²) in [5, 5.41) is 16.3. The van der Waals surface area contributed by atoms with Crippen LogP contribution < -0.4 is 0 Å². The highest BCUT2D eigenvalue weighted by Crippen LogP contribution is 2.33. The molecular weight excluding hydrogens is 140 g/mol. The highest BCUT2D eigenvalue weighted by molar-refractivity contribution is 6.23. The van der Waals surface area contributed by atoms with Crippen molar-refractivity contribution in [3.63, 3.8) is 0 Å². The van der Waals surface area contributed by atoms with Crippen molar-refractivity contribution in [2.24, 2.45) is 11.8 Å². The Kier molecular flexibility index (Phi) is 1.21. The molecule has 0 aliphatic heterocycles. The van der Waals surface area contributed by atoms with Gasteiger partial charge in [-0.15, -0.1) is 0 Å². The molecule has 0 aromatic carbocycles. The molecule has 1 aliphatic rings. The van der Waals surface area contributed by atoms with Crippen LogP contribution in [0.1, 0.15) is 0 Å². The third-order valence-corrected chi connectivity index (χ3v) is 1.37. The lowest BCUT2D eigenvalue weighted by molar-refractivity contribution is -0.144. The minimum Gasteiger partial charge on any atom is -0.481 e. The van der Waals surface area contributed by atoms with Gasteiger partial charge < -0.3 is 10.2 Å². The number of carboxylic acid groups (broad SMARTS) is 2. The van der Waals surface area contributed by atoms with Crippen LogP contribution in [0.5, 0.6) is 0 Å². The molecule has 1 saturated carbocycles. The molecule has 2 unspecified atom stereocenters. The number of hydrogen-bond donors (Lipinski definition) is 2. The van der Waals surface area contributed by atoms with Gasteiger partial charge in [0.25, 0.3) is 0 Å². The molecule has 54 valence electrons. The number of ketones is 1. The third-order valence-electron chi connectivity index (χ3n) is 1.37. The molecule has 0 saturated heterocycles. The standard InChI is InChI=1S/C5H4O5/c6-3-1(4(7)8)2(3)5(9)10/h1-2H,(H,7,8)(H,9,10). The van der Waals surface area contributed by atoms with Crippen molar-refractivity contribution in [2.75, 3.05) is 0 Å². The summed E-state index contributed by atoms with van der Waals surface area (Å²) >= 11 is 0. The molecular formula is C5H4O5. The Labute approximate surface area is 55.3 Å². The Bertz CT molecular complexity index is 196. The van der Waals surface area contributed by atoms with E-state index in [0.717, 1.165) is 0 Å². The Morgan fingerprint density at radius 1 is 1.10 bits per heavy atom. The molecule has 0 heterocycles. The summed E-state index contributed by atoms with van der Waals surface area (Å²) in [5.41, 5.74) is 0. The lowest BCUT2D eigenvalue weighted by Gasteiger charge is -1.81. The molecule has 5 heteroatoms. The molecule has 1 fully saturated rings. The van der Waals surface area contributed by atoms with Gasteiger partial charge in [0.05, 0.1) is 0 Å². The summed E-state index contributed by atoms with van der Waals surface area (Å²) in [6.45, 7) is 0. The third kappa shape index (κ3) is 0.754. The van der Waals surface area contributed by atoms with Crippen molar-refractivity contribution in [3.8, 4) is 0 Å². The highest BCUT2D eigenvalue weighted by atomic mass is 16.4. The first-order chi connectivity index (χ1) is 4.55. The highest BCUT2D eigenvalue weighted by Gasteiger charge is 2.59. The number of hydrogen-bond acceptors (Lipinski definition) is 3. The van der Waals surface area contributed by atoms with Gasteiger partial charge in [0.2, 0.25) is 0 Å². The monoisotopic (exact) mass is 144 g/mol. The maximum atomic E-state index is 10.3. The van der Waals surface area contributed by atoms with E-state index in [1.54, 1.807) is 0 Å². The number of rotatable bonds is 2. The molecule has 1 aliphatic carbocycles. The minimum atomic E-state index is -1.35. The summed E-state index contributed by atoms with van der Waals surface area (Å²) in [5.74, 6) is -6.00. The fourth-order valence-corrected chi connectivity index (χ4v) is 0.769. The van der Waals surface area contributed by atoms with E-state index in [-0.39, 0.29) is 0 Å². The van der Waals surface area contributed by atoms with Gasteiger partial charge in [0, 0.05) is 0 Å². The normalized spacial score (nSPS) is 29.8. The summed E-state index contributed by atoms with van der Waals surface area (Å²) in [7, 11) is 0. The Morgan fingerprint density at radius 3 is 1.50 bits per heavy atom. The fourth-order valence-electron chi connectivity index (χ4n) is 0.769. The van der Waals surface area contributed by atoms with Crippen molar-refractivity contribution in [3.05, 3.63) is 0 Å². The molecule has 0 amide bonds. The maximum Gasteiger partial charge on any atom is 0.315 e. The smallest absolute Gasteiger partial charge is 0.315 e. The molecule has 2 N–H and O–H groups in total. The molecule has 10 heavy (non-hydrogen) atoms. The summed E-state index contributed by atoms with van der Waals surface area (Å²) in [6, 6.07) is 0. The van der Waals surface area contributed by atoms with E-state index < -0.39 is 29.6 Å². The SMILES string of the molecule is O=C(O)C1C(=O)C1C(=O)O. The van der Waals surface area contributed by atoms with Crippen molar-refractivity contribution in [2.45, 2.75) is 0 Å². The van der Waals surface area contributed by atoms with Crippen molar-refractivity contribution < 1.29 is 24.6 Å². The second-order valence-electron chi connectivity index (χ2n) is 2.03. The largest absolute Gasteiger partial charge is 0.481 e. The number of carboxylic acids is 2. The van der Waals surface area contributed by atoms with Gasteiger partial charge in [0.1, 0.15) is 11.8 Å². The molecule has 2 atom stereocenters.